The van der Waals surface area contributed by atoms with Gasteiger partial charge in [0.15, 0.2) is 0 Å². The molecule has 0 aromatic carbocycles. The van der Waals surface area contributed by atoms with Crippen LogP contribution in [0.15, 0.2) is 16.8 Å². The molecule has 6 heteroatoms. The van der Waals surface area contributed by atoms with Crippen LogP contribution in [-0.4, -0.2) is 72.3 Å². The summed E-state index contributed by atoms with van der Waals surface area (Å²) in [5, 5.41) is 3.83. The van der Waals surface area contributed by atoms with Crippen LogP contribution < -0.4 is 0 Å². The number of amides is 2. The van der Waals surface area contributed by atoms with Crippen LogP contribution in [0.1, 0.15) is 30.6 Å². The third-order valence-corrected chi connectivity index (χ3v) is 5.69. The zero-order chi connectivity index (χ0) is 17.1. The second-order valence-corrected chi connectivity index (χ2v) is 8.11. The van der Waals surface area contributed by atoms with Gasteiger partial charge in [-0.25, -0.2) is 0 Å². The van der Waals surface area contributed by atoms with Crippen molar-refractivity contribution in [2.45, 2.75) is 20.3 Å². The molecule has 2 unspecified atom stereocenters. The van der Waals surface area contributed by atoms with E-state index in [1.165, 1.54) is 6.42 Å². The molecule has 2 saturated heterocycles. The van der Waals surface area contributed by atoms with Crippen molar-refractivity contribution < 1.29 is 9.59 Å². The molecular formula is C18H27N3O2S. The molecule has 0 aliphatic carbocycles. The fourth-order valence-electron chi connectivity index (χ4n) is 3.84. The van der Waals surface area contributed by atoms with Gasteiger partial charge in [-0.1, -0.05) is 13.8 Å². The highest BCUT2D eigenvalue weighted by Gasteiger charge is 2.28. The molecule has 3 heterocycles. The average Bonchev–Trinajstić information content (AvgIpc) is 3.08. The highest BCUT2D eigenvalue weighted by Crippen LogP contribution is 2.21. The van der Waals surface area contributed by atoms with Gasteiger partial charge in [0, 0.05) is 44.6 Å². The second kappa shape index (κ2) is 7.66. The molecule has 0 N–H and O–H groups in total. The Balaban J connectivity index is 1.47. The Hall–Kier alpha value is -1.40. The van der Waals surface area contributed by atoms with E-state index in [4.69, 9.17) is 0 Å². The van der Waals surface area contributed by atoms with Gasteiger partial charge >= 0.3 is 0 Å². The van der Waals surface area contributed by atoms with Crippen LogP contribution in [0, 0.1) is 11.8 Å². The second-order valence-electron chi connectivity index (χ2n) is 7.33. The van der Waals surface area contributed by atoms with E-state index in [2.05, 4.69) is 18.7 Å². The summed E-state index contributed by atoms with van der Waals surface area (Å²) in [5.41, 5.74) is 0.779. The molecule has 2 atom stereocenters. The lowest BCUT2D eigenvalue weighted by Crippen LogP contribution is -2.53. The quantitative estimate of drug-likeness (QED) is 0.838. The summed E-state index contributed by atoms with van der Waals surface area (Å²) in [7, 11) is 0. The number of hydrogen-bond donors (Lipinski definition) is 0. The first-order valence-corrected chi connectivity index (χ1v) is 9.79. The number of nitrogens with zero attached hydrogens (tertiary/aromatic N) is 3. The predicted octanol–water partition coefficient (Wildman–Crippen LogP) is 2.01. The maximum atomic E-state index is 12.6. The lowest BCUT2D eigenvalue weighted by atomic mass is 9.92. The third-order valence-electron chi connectivity index (χ3n) is 5.01. The highest BCUT2D eigenvalue weighted by molar-refractivity contribution is 7.08. The summed E-state index contributed by atoms with van der Waals surface area (Å²) < 4.78 is 0. The Labute approximate surface area is 148 Å². The minimum absolute atomic E-state index is 0.112. The normalized spacial score (nSPS) is 25.8. The van der Waals surface area contributed by atoms with Crippen LogP contribution in [-0.2, 0) is 4.79 Å². The Morgan fingerprint density at radius 2 is 1.75 bits per heavy atom. The van der Waals surface area contributed by atoms with Crippen molar-refractivity contribution in [3.8, 4) is 0 Å². The van der Waals surface area contributed by atoms with Crippen molar-refractivity contribution in [3.63, 3.8) is 0 Å². The Kier molecular flexibility index (Phi) is 5.56. The first-order chi connectivity index (χ1) is 11.5. The van der Waals surface area contributed by atoms with Crippen molar-refractivity contribution in [3.05, 3.63) is 22.4 Å². The maximum Gasteiger partial charge on any atom is 0.254 e. The van der Waals surface area contributed by atoms with Crippen molar-refractivity contribution in [2.24, 2.45) is 11.8 Å². The average molecular weight is 350 g/mol. The van der Waals surface area contributed by atoms with Gasteiger partial charge in [-0.2, -0.15) is 11.3 Å². The van der Waals surface area contributed by atoms with Crippen LogP contribution in [0.25, 0.3) is 0 Å². The van der Waals surface area contributed by atoms with Crippen LogP contribution in [0.2, 0.25) is 0 Å². The number of piperidine rings is 1. The molecular weight excluding hydrogens is 322 g/mol. The van der Waals surface area contributed by atoms with E-state index < -0.39 is 0 Å². The van der Waals surface area contributed by atoms with E-state index in [1.807, 2.05) is 26.6 Å². The van der Waals surface area contributed by atoms with E-state index in [0.717, 1.165) is 31.7 Å². The molecule has 24 heavy (non-hydrogen) atoms. The highest BCUT2D eigenvalue weighted by atomic mass is 32.1. The first kappa shape index (κ1) is 17.4. The molecule has 2 amide bonds. The van der Waals surface area contributed by atoms with Crippen molar-refractivity contribution in [1.29, 1.82) is 0 Å². The summed E-state index contributed by atoms with van der Waals surface area (Å²) in [6.45, 7) is 9.68. The fourth-order valence-corrected chi connectivity index (χ4v) is 4.47. The lowest BCUT2D eigenvalue weighted by Gasteiger charge is -2.38. The van der Waals surface area contributed by atoms with Crippen molar-refractivity contribution >= 4 is 23.2 Å². The van der Waals surface area contributed by atoms with E-state index in [1.54, 1.807) is 11.3 Å². The van der Waals surface area contributed by atoms with Crippen LogP contribution in [0.5, 0.6) is 0 Å². The molecule has 0 spiro atoms. The number of carbonyl (C=O) groups excluding carboxylic acids is 2. The van der Waals surface area contributed by atoms with Crippen molar-refractivity contribution in [1.82, 2.24) is 14.7 Å². The molecule has 2 fully saturated rings. The topological polar surface area (TPSA) is 43.9 Å². The van der Waals surface area contributed by atoms with Gasteiger partial charge in [0.05, 0.1) is 12.1 Å². The fraction of sp³-hybridized carbons (Fsp3) is 0.667. The largest absolute Gasteiger partial charge is 0.341 e. The van der Waals surface area contributed by atoms with Crippen LogP contribution in [0.4, 0.5) is 0 Å². The number of carbonyl (C=O) groups is 2. The van der Waals surface area contributed by atoms with Gasteiger partial charge in [0.1, 0.15) is 0 Å². The lowest BCUT2D eigenvalue weighted by molar-refractivity contribution is -0.135. The molecule has 2 aliphatic heterocycles. The number of rotatable bonds is 3. The number of likely N-dealkylation sites (tertiary alicyclic amines) is 1. The molecule has 0 bridgehead atoms. The van der Waals surface area contributed by atoms with Gasteiger partial charge in [-0.15, -0.1) is 0 Å². The summed E-state index contributed by atoms with van der Waals surface area (Å²) in [6, 6.07) is 1.88. The summed E-state index contributed by atoms with van der Waals surface area (Å²) in [5.74, 6) is 1.54. The van der Waals surface area contributed by atoms with E-state index in [9.17, 15) is 9.59 Å². The number of hydrogen-bond acceptors (Lipinski definition) is 4. The SMILES string of the molecule is CC1CC(C)CN(C(=O)CN2CCN(C(=O)c3ccsc3)CC2)C1. The molecule has 0 saturated carbocycles. The van der Waals surface area contributed by atoms with Gasteiger partial charge < -0.3 is 9.80 Å². The van der Waals surface area contributed by atoms with E-state index >= 15 is 0 Å². The Morgan fingerprint density at radius 1 is 1.08 bits per heavy atom. The van der Waals surface area contributed by atoms with E-state index in [-0.39, 0.29) is 11.8 Å². The van der Waals surface area contributed by atoms with Gasteiger partial charge in [-0.3, -0.25) is 14.5 Å². The summed E-state index contributed by atoms with van der Waals surface area (Å²) in [6.07, 6.45) is 1.22. The minimum atomic E-state index is 0.112. The number of piperazine rings is 1. The maximum absolute atomic E-state index is 12.6. The molecule has 1 aromatic heterocycles. The molecule has 1 aromatic rings. The molecule has 3 rings (SSSR count). The van der Waals surface area contributed by atoms with Crippen LogP contribution >= 0.6 is 11.3 Å². The molecule has 5 nitrogen and oxygen atoms in total. The van der Waals surface area contributed by atoms with Crippen LogP contribution in [0.3, 0.4) is 0 Å². The molecule has 0 radical (unpaired) electrons. The summed E-state index contributed by atoms with van der Waals surface area (Å²) in [4.78, 5) is 31.0. The smallest absolute Gasteiger partial charge is 0.254 e. The zero-order valence-electron chi connectivity index (χ0n) is 14.6. The third kappa shape index (κ3) is 4.16. The van der Waals surface area contributed by atoms with Gasteiger partial charge in [-0.05, 0) is 29.7 Å². The van der Waals surface area contributed by atoms with Gasteiger partial charge in [0.2, 0.25) is 5.91 Å². The minimum Gasteiger partial charge on any atom is -0.341 e. The first-order valence-electron chi connectivity index (χ1n) is 8.84. The predicted molar refractivity (Wildman–Crippen MR) is 96.2 cm³/mol. The number of thiophene rings is 1. The monoisotopic (exact) mass is 349 g/mol. The zero-order valence-corrected chi connectivity index (χ0v) is 15.4. The molecule has 132 valence electrons. The van der Waals surface area contributed by atoms with E-state index in [0.29, 0.717) is 31.5 Å². The van der Waals surface area contributed by atoms with Crippen molar-refractivity contribution in [2.75, 3.05) is 45.8 Å². The molecule has 2 aliphatic rings. The summed E-state index contributed by atoms with van der Waals surface area (Å²) >= 11 is 1.55. The Bertz CT molecular complexity index is 557. The Morgan fingerprint density at radius 3 is 2.33 bits per heavy atom. The standard InChI is InChI=1S/C18H27N3O2S/c1-14-9-15(2)11-21(10-14)17(22)12-19-4-6-20(7-5-19)18(23)16-3-8-24-13-16/h3,8,13-15H,4-7,9-12H2,1-2H3. The van der Waals surface area contributed by atoms with Gasteiger partial charge in [0.25, 0.3) is 5.91 Å².